The molecule has 12 heteroatoms. The van der Waals surface area contributed by atoms with Crippen molar-refractivity contribution in [2.75, 3.05) is 6.54 Å². The largest absolute Gasteiger partial charge is 0.481 e. The summed E-state index contributed by atoms with van der Waals surface area (Å²) in [7, 11) is 0. The van der Waals surface area contributed by atoms with E-state index in [1.54, 1.807) is 12.3 Å². The van der Waals surface area contributed by atoms with Crippen molar-refractivity contribution in [2.45, 2.75) is 70.1 Å². The van der Waals surface area contributed by atoms with Gasteiger partial charge in [-0.2, -0.15) is 0 Å². The Morgan fingerprint density at radius 3 is 2.47 bits per heavy atom. The lowest BCUT2D eigenvalue weighted by Gasteiger charge is -2.28. The molecule has 2 heterocycles. The molecule has 1 aromatic heterocycles. The van der Waals surface area contributed by atoms with Crippen LogP contribution in [0.4, 0.5) is 0 Å². The summed E-state index contributed by atoms with van der Waals surface area (Å²) in [5.41, 5.74) is 7.49. The molecule has 4 unspecified atom stereocenters. The highest BCUT2D eigenvalue weighted by Crippen LogP contribution is 2.21. The summed E-state index contributed by atoms with van der Waals surface area (Å²) in [6.07, 6.45) is 2.17. The van der Waals surface area contributed by atoms with Crippen molar-refractivity contribution < 1.29 is 34.2 Å². The highest BCUT2D eigenvalue weighted by atomic mass is 16.4. The standard InChI is InChI=1S/C26H35N5O7/c1-14(2)10-17(27)25(36)31-9-5-8-21(31)24(35)29-19(12-22(32)33)23(34)30-20(26(37)38)11-15-13-28-18-7-4-3-6-16(15)18/h3-4,6-7,13-14,17,19-21,28H,5,8-12,27H2,1-2H3,(H,29,35)(H,30,34)(H,32,33)(H,37,38). The number of aromatic amines is 1. The van der Waals surface area contributed by atoms with Crippen LogP contribution in [0.5, 0.6) is 0 Å². The number of amides is 3. The molecule has 0 bridgehead atoms. The molecule has 1 saturated heterocycles. The minimum atomic E-state index is -1.54. The van der Waals surface area contributed by atoms with E-state index in [9.17, 15) is 34.2 Å². The van der Waals surface area contributed by atoms with E-state index in [0.717, 1.165) is 10.9 Å². The monoisotopic (exact) mass is 529 g/mol. The molecule has 12 nitrogen and oxygen atoms in total. The summed E-state index contributed by atoms with van der Waals surface area (Å²) in [6.45, 7) is 4.18. The average molecular weight is 530 g/mol. The van der Waals surface area contributed by atoms with Crippen LogP contribution in [0.15, 0.2) is 30.5 Å². The van der Waals surface area contributed by atoms with E-state index in [0.29, 0.717) is 31.4 Å². The minimum Gasteiger partial charge on any atom is -0.481 e. The molecule has 1 aromatic carbocycles. The number of nitrogens with one attached hydrogen (secondary N) is 3. The van der Waals surface area contributed by atoms with Crippen molar-refractivity contribution >= 4 is 40.6 Å². The van der Waals surface area contributed by atoms with Gasteiger partial charge in [0.1, 0.15) is 18.1 Å². The molecule has 206 valence electrons. The molecule has 1 aliphatic rings. The maximum atomic E-state index is 13.1. The number of likely N-dealkylation sites (tertiary alicyclic amines) is 1. The number of aromatic nitrogens is 1. The molecule has 0 saturated carbocycles. The number of para-hydroxylation sites is 1. The van der Waals surface area contributed by atoms with Crippen molar-refractivity contribution in [2.24, 2.45) is 11.7 Å². The number of aliphatic carboxylic acids is 2. The Balaban J connectivity index is 1.71. The van der Waals surface area contributed by atoms with E-state index in [2.05, 4.69) is 15.6 Å². The Labute approximate surface area is 219 Å². The van der Waals surface area contributed by atoms with E-state index in [1.165, 1.54) is 4.90 Å². The second-order valence-electron chi connectivity index (χ2n) is 10.0. The van der Waals surface area contributed by atoms with E-state index in [4.69, 9.17) is 5.73 Å². The van der Waals surface area contributed by atoms with Gasteiger partial charge in [0.25, 0.3) is 0 Å². The number of carboxylic acids is 2. The van der Waals surface area contributed by atoms with E-state index < -0.39 is 54.3 Å². The van der Waals surface area contributed by atoms with Crippen molar-refractivity contribution in [3.63, 3.8) is 0 Å². The fourth-order valence-electron chi connectivity index (χ4n) is 4.77. The zero-order valence-corrected chi connectivity index (χ0v) is 21.5. The van der Waals surface area contributed by atoms with Gasteiger partial charge in [-0.25, -0.2) is 4.79 Å². The predicted octanol–water partition coefficient (Wildman–Crippen LogP) is 0.604. The Kier molecular flexibility index (Phi) is 9.45. The van der Waals surface area contributed by atoms with Gasteiger partial charge in [0.15, 0.2) is 0 Å². The van der Waals surface area contributed by atoms with Crippen LogP contribution >= 0.6 is 0 Å². The first-order valence-corrected chi connectivity index (χ1v) is 12.6. The first-order chi connectivity index (χ1) is 18.0. The van der Waals surface area contributed by atoms with E-state index in [-0.39, 0.29) is 18.2 Å². The van der Waals surface area contributed by atoms with Gasteiger partial charge in [0.05, 0.1) is 12.5 Å². The van der Waals surface area contributed by atoms with Crippen LogP contribution in [-0.2, 0) is 30.4 Å². The average Bonchev–Trinajstić information content (AvgIpc) is 3.49. The lowest BCUT2D eigenvalue weighted by Crippen LogP contribution is -2.57. The molecule has 2 aromatic rings. The molecule has 1 aliphatic heterocycles. The highest BCUT2D eigenvalue weighted by Gasteiger charge is 2.38. The quantitative estimate of drug-likeness (QED) is 0.230. The third-order valence-corrected chi connectivity index (χ3v) is 6.61. The Morgan fingerprint density at radius 1 is 1.11 bits per heavy atom. The molecule has 7 N–H and O–H groups in total. The molecule has 0 radical (unpaired) electrons. The fourth-order valence-corrected chi connectivity index (χ4v) is 4.77. The lowest BCUT2D eigenvalue weighted by atomic mass is 10.0. The zero-order chi connectivity index (χ0) is 28.0. The number of benzene rings is 1. The maximum Gasteiger partial charge on any atom is 0.326 e. The zero-order valence-electron chi connectivity index (χ0n) is 21.5. The van der Waals surface area contributed by atoms with Gasteiger partial charge >= 0.3 is 11.9 Å². The molecule has 4 atom stereocenters. The number of fused-ring (bicyclic) bond motifs is 1. The Bertz CT molecular complexity index is 1190. The summed E-state index contributed by atoms with van der Waals surface area (Å²) in [5.74, 6) is -4.49. The number of carboxylic acid groups (broad SMARTS) is 2. The van der Waals surface area contributed by atoms with Crippen molar-refractivity contribution in [3.05, 3.63) is 36.0 Å². The lowest BCUT2D eigenvalue weighted by molar-refractivity contribution is -0.144. The third kappa shape index (κ3) is 7.09. The van der Waals surface area contributed by atoms with Gasteiger partial charge in [0, 0.05) is 30.1 Å². The van der Waals surface area contributed by atoms with Crippen LogP contribution in [-0.4, -0.2) is 80.5 Å². The Morgan fingerprint density at radius 2 is 1.82 bits per heavy atom. The minimum absolute atomic E-state index is 0.0581. The fraction of sp³-hybridized carbons (Fsp3) is 0.500. The first-order valence-electron chi connectivity index (χ1n) is 12.6. The van der Waals surface area contributed by atoms with Crippen LogP contribution < -0.4 is 16.4 Å². The number of rotatable bonds is 12. The second kappa shape index (κ2) is 12.5. The predicted molar refractivity (Wildman–Crippen MR) is 138 cm³/mol. The number of hydrogen-bond donors (Lipinski definition) is 6. The number of carbonyl (C=O) groups is 5. The molecule has 1 fully saturated rings. The number of nitrogens with zero attached hydrogens (tertiary/aromatic N) is 1. The van der Waals surface area contributed by atoms with Gasteiger partial charge in [-0.1, -0.05) is 32.0 Å². The number of carbonyl (C=O) groups excluding carboxylic acids is 3. The summed E-state index contributed by atoms with van der Waals surface area (Å²) >= 11 is 0. The highest BCUT2D eigenvalue weighted by molar-refractivity contribution is 5.96. The second-order valence-corrected chi connectivity index (χ2v) is 10.0. The van der Waals surface area contributed by atoms with Crippen molar-refractivity contribution in [1.29, 1.82) is 0 Å². The molecule has 3 rings (SSSR count). The first kappa shape index (κ1) is 28.6. The maximum absolute atomic E-state index is 13.1. The summed E-state index contributed by atoms with van der Waals surface area (Å²) < 4.78 is 0. The molecule has 0 spiro atoms. The normalized spacial score (nSPS) is 17.7. The SMILES string of the molecule is CC(C)CC(N)C(=O)N1CCCC1C(=O)NC(CC(=O)O)C(=O)NC(Cc1c[nH]c2ccccc12)C(=O)O. The van der Waals surface area contributed by atoms with Crippen molar-refractivity contribution in [3.8, 4) is 0 Å². The molecule has 3 amide bonds. The summed E-state index contributed by atoms with van der Waals surface area (Å²) in [5, 5.41) is 24.7. The van der Waals surface area contributed by atoms with Crippen LogP contribution in [0.25, 0.3) is 10.9 Å². The van der Waals surface area contributed by atoms with Crippen LogP contribution in [0.3, 0.4) is 0 Å². The van der Waals surface area contributed by atoms with E-state index in [1.807, 2.05) is 32.0 Å². The van der Waals surface area contributed by atoms with Crippen LogP contribution in [0, 0.1) is 5.92 Å². The van der Waals surface area contributed by atoms with Gasteiger partial charge in [-0.3, -0.25) is 19.2 Å². The van der Waals surface area contributed by atoms with Gasteiger partial charge in [-0.05, 0) is 36.8 Å². The van der Waals surface area contributed by atoms with Gasteiger partial charge < -0.3 is 36.5 Å². The van der Waals surface area contributed by atoms with Crippen molar-refractivity contribution in [1.82, 2.24) is 20.5 Å². The number of hydrogen-bond acceptors (Lipinski definition) is 6. The molecular weight excluding hydrogens is 494 g/mol. The van der Waals surface area contributed by atoms with Gasteiger partial charge in [0.2, 0.25) is 17.7 Å². The third-order valence-electron chi connectivity index (χ3n) is 6.61. The van der Waals surface area contributed by atoms with Crippen LogP contribution in [0.2, 0.25) is 0 Å². The topological polar surface area (TPSA) is 195 Å². The summed E-state index contributed by atoms with van der Waals surface area (Å²) in [6, 6.07) is 2.71. The molecular formula is C26H35N5O7. The Hall–Kier alpha value is -3.93. The number of H-pyrrole nitrogens is 1. The summed E-state index contributed by atoms with van der Waals surface area (Å²) in [4.78, 5) is 66.8. The smallest absolute Gasteiger partial charge is 0.326 e. The molecule has 38 heavy (non-hydrogen) atoms. The van der Waals surface area contributed by atoms with Gasteiger partial charge in [-0.15, -0.1) is 0 Å². The van der Waals surface area contributed by atoms with Crippen LogP contribution in [0.1, 0.15) is 45.1 Å². The number of nitrogens with two attached hydrogens (primary N) is 1. The van der Waals surface area contributed by atoms with E-state index >= 15 is 0 Å². The molecule has 0 aliphatic carbocycles.